The van der Waals surface area contributed by atoms with E-state index >= 15 is 0 Å². The van der Waals surface area contributed by atoms with Gasteiger partial charge in [-0.05, 0) is 26.8 Å². The van der Waals surface area contributed by atoms with Gasteiger partial charge in [-0.25, -0.2) is 0 Å². The molecule has 0 rings (SSSR count). The van der Waals surface area contributed by atoms with Gasteiger partial charge in [-0.2, -0.15) is 12.6 Å². The third-order valence-electron chi connectivity index (χ3n) is 1.63. The molecule has 1 unspecified atom stereocenters. The van der Waals surface area contributed by atoms with Gasteiger partial charge in [0.2, 0.25) is 5.78 Å². The van der Waals surface area contributed by atoms with Crippen LogP contribution in [0.2, 0.25) is 0 Å². The molecule has 0 heterocycles. The molecule has 0 saturated heterocycles. The first kappa shape index (κ1) is 15.7. The van der Waals surface area contributed by atoms with E-state index in [1.807, 2.05) is 0 Å². The van der Waals surface area contributed by atoms with Crippen LogP contribution in [0.25, 0.3) is 0 Å². The fourth-order valence-electron chi connectivity index (χ4n) is 0.997. The van der Waals surface area contributed by atoms with Crippen LogP contribution < -0.4 is 0 Å². The number of esters is 1. The smallest absolute Gasteiger partial charge is 0.325 e. The average molecular weight is 259 g/mol. The van der Waals surface area contributed by atoms with Crippen LogP contribution in [-0.2, 0) is 19.2 Å². The topological polar surface area (TPSA) is 65.0 Å². The lowest BCUT2D eigenvalue weighted by atomic mass is 10.1. The van der Waals surface area contributed by atoms with Gasteiger partial charge in [0, 0.05) is 0 Å². The van der Waals surface area contributed by atoms with Crippen LogP contribution in [0.3, 0.4) is 0 Å². The fraction of sp³-hybridized carbons (Fsp3) is 0.545. The Balaban J connectivity index is 4.99. The molecule has 0 radical (unpaired) electrons. The minimum atomic E-state index is -1.04. The zero-order valence-electron chi connectivity index (χ0n) is 10.4. The summed E-state index contributed by atoms with van der Waals surface area (Å²) in [5, 5.41) is 2.48. The van der Waals surface area contributed by atoms with E-state index in [1.54, 1.807) is 20.8 Å². The van der Waals surface area contributed by atoms with Gasteiger partial charge in [-0.15, -0.1) is 0 Å². The van der Waals surface area contributed by atoms with Crippen molar-refractivity contribution in [2.45, 2.75) is 26.0 Å². The van der Waals surface area contributed by atoms with Crippen molar-refractivity contribution in [3.63, 3.8) is 0 Å². The summed E-state index contributed by atoms with van der Waals surface area (Å²) in [6.45, 7) is 5.41. The van der Waals surface area contributed by atoms with Gasteiger partial charge < -0.3 is 9.57 Å². The Morgan fingerprint density at radius 2 is 2.00 bits per heavy atom. The van der Waals surface area contributed by atoms with Crippen molar-refractivity contribution >= 4 is 30.1 Å². The van der Waals surface area contributed by atoms with Crippen LogP contribution in [0.5, 0.6) is 0 Å². The molecule has 1 atom stereocenters. The maximum Gasteiger partial charge on any atom is 0.325 e. The predicted molar refractivity (Wildman–Crippen MR) is 68.3 cm³/mol. The molecule has 0 aromatic heterocycles. The van der Waals surface area contributed by atoms with Gasteiger partial charge in [0.05, 0.1) is 6.61 Å². The summed E-state index contributed by atoms with van der Waals surface area (Å²) in [6.07, 6.45) is 1.36. The molecule has 0 aliphatic rings. The van der Waals surface area contributed by atoms with Crippen LogP contribution in [0.4, 0.5) is 0 Å². The number of carbonyl (C=O) groups excluding carboxylic acids is 2. The van der Waals surface area contributed by atoms with Crippen molar-refractivity contribution in [1.82, 2.24) is 0 Å². The lowest BCUT2D eigenvalue weighted by Gasteiger charge is -2.10. The summed E-state index contributed by atoms with van der Waals surface area (Å²) in [5.41, 5.74) is 0.707. The van der Waals surface area contributed by atoms with Crippen molar-refractivity contribution in [3.8, 4) is 0 Å². The largest absolute Gasteiger partial charge is 0.465 e. The SMILES string of the molecule is CCOC(=O)C(S)C(=NOC)C(=O)C=C(C)C. The van der Waals surface area contributed by atoms with Crippen LogP contribution in [0, 0.1) is 0 Å². The number of hydrogen-bond acceptors (Lipinski definition) is 6. The predicted octanol–water partition coefficient (Wildman–Crippen LogP) is 1.39. The average Bonchev–Trinajstić information content (AvgIpc) is 2.24. The molecule has 0 spiro atoms. The molecule has 0 aliphatic carbocycles. The first-order chi connectivity index (χ1) is 7.93. The lowest BCUT2D eigenvalue weighted by molar-refractivity contribution is -0.141. The van der Waals surface area contributed by atoms with Crippen LogP contribution in [-0.4, -0.2) is 36.4 Å². The number of carbonyl (C=O) groups is 2. The maximum absolute atomic E-state index is 11.7. The second kappa shape index (κ2) is 7.89. The molecular weight excluding hydrogens is 242 g/mol. The lowest BCUT2D eigenvalue weighted by Crippen LogP contribution is -2.32. The summed E-state index contributed by atoms with van der Waals surface area (Å²) in [6, 6.07) is 0. The Hall–Kier alpha value is -1.30. The van der Waals surface area contributed by atoms with Gasteiger partial charge in [-0.1, -0.05) is 10.7 Å². The van der Waals surface area contributed by atoms with Gasteiger partial charge in [0.15, 0.2) is 5.71 Å². The minimum Gasteiger partial charge on any atom is -0.465 e. The molecule has 0 saturated carbocycles. The molecule has 17 heavy (non-hydrogen) atoms. The second-order valence-corrected chi connectivity index (χ2v) is 3.92. The van der Waals surface area contributed by atoms with Gasteiger partial charge >= 0.3 is 5.97 Å². The van der Waals surface area contributed by atoms with E-state index in [1.165, 1.54) is 13.2 Å². The Labute approximate surface area is 106 Å². The number of oxime groups is 1. The number of allylic oxidation sites excluding steroid dienone is 2. The number of thiol groups is 1. The molecule has 0 aromatic rings. The summed E-state index contributed by atoms with van der Waals surface area (Å²) >= 11 is 4.01. The summed E-state index contributed by atoms with van der Waals surface area (Å²) < 4.78 is 4.76. The number of hydrogen-bond donors (Lipinski definition) is 1. The summed E-state index contributed by atoms with van der Waals surface area (Å²) in [4.78, 5) is 27.7. The molecule has 0 bridgehead atoms. The zero-order valence-corrected chi connectivity index (χ0v) is 11.3. The highest BCUT2D eigenvalue weighted by Gasteiger charge is 2.27. The molecule has 0 N–H and O–H groups in total. The first-order valence-corrected chi connectivity index (χ1v) is 5.60. The number of ketones is 1. The Morgan fingerprint density at radius 3 is 2.41 bits per heavy atom. The molecule has 0 fully saturated rings. The molecule has 5 nitrogen and oxygen atoms in total. The monoisotopic (exact) mass is 259 g/mol. The van der Waals surface area contributed by atoms with Crippen LogP contribution in [0.1, 0.15) is 20.8 Å². The molecular formula is C11H17NO4S. The zero-order chi connectivity index (χ0) is 13.4. The number of rotatable bonds is 6. The highest BCUT2D eigenvalue weighted by atomic mass is 32.1. The van der Waals surface area contributed by atoms with Crippen molar-refractivity contribution in [2.75, 3.05) is 13.7 Å². The van der Waals surface area contributed by atoms with Gasteiger partial charge in [-0.3, -0.25) is 9.59 Å². The molecule has 0 aliphatic heterocycles. The van der Waals surface area contributed by atoms with Crippen molar-refractivity contribution in [3.05, 3.63) is 11.6 Å². The Morgan fingerprint density at radius 1 is 1.41 bits per heavy atom. The first-order valence-electron chi connectivity index (χ1n) is 5.09. The van der Waals surface area contributed by atoms with E-state index in [-0.39, 0.29) is 12.3 Å². The van der Waals surface area contributed by atoms with Crippen molar-refractivity contribution in [2.24, 2.45) is 5.16 Å². The van der Waals surface area contributed by atoms with Gasteiger partial charge in [0.1, 0.15) is 12.4 Å². The Kier molecular flexibility index (Phi) is 7.29. The normalized spacial score (nSPS) is 12.6. The number of nitrogens with zero attached hydrogens (tertiary/aromatic N) is 1. The van der Waals surface area contributed by atoms with E-state index in [9.17, 15) is 9.59 Å². The third-order valence-corrected chi connectivity index (χ3v) is 2.09. The third kappa shape index (κ3) is 5.53. The summed E-state index contributed by atoms with van der Waals surface area (Å²) in [5.74, 6) is -1.04. The van der Waals surface area contributed by atoms with E-state index in [0.717, 1.165) is 5.57 Å². The van der Waals surface area contributed by atoms with E-state index in [0.29, 0.717) is 0 Å². The van der Waals surface area contributed by atoms with Gasteiger partial charge in [0.25, 0.3) is 0 Å². The highest BCUT2D eigenvalue weighted by Crippen LogP contribution is 2.06. The molecule has 6 heteroatoms. The Bertz CT molecular complexity index is 345. The van der Waals surface area contributed by atoms with Crippen molar-refractivity contribution < 1.29 is 19.2 Å². The maximum atomic E-state index is 11.7. The van der Waals surface area contributed by atoms with E-state index in [2.05, 4.69) is 22.6 Å². The van der Waals surface area contributed by atoms with Crippen LogP contribution >= 0.6 is 12.6 Å². The highest BCUT2D eigenvalue weighted by molar-refractivity contribution is 7.83. The molecule has 0 aromatic carbocycles. The minimum absolute atomic E-state index is 0.0875. The molecule has 0 amide bonds. The fourth-order valence-corrected chi connectivity index (χ4v) is 1.25. The van der Waals surface area contributed by atoms with Crippen LogP contribution in [0.15, 0.2) is 16.8 Å². The standard InChI is InChI=1S/C11H17NO4S/c1-5-16-11(14)10(17)9(12-15-4)8(13)6-7(2)3/h6,10,17H,5H2,1-4H3. The molecule has 96 valence electrons. The van der Waals surface area contributed by atoms with E-state index < -0.39 is 17.0 Å². The van der Waals surface area contributed by atoms with E-state index in [4.69, 9.17) is 4.74 Å². The summed E-state index contributed by atoms with van der Waals surface area (Å²) in [7, 11) is 1.29. The quantitative estimate of drug-likeness (QED) is 0.257. The second-order valence-electron chi connectivity index (χ2n) is 3.40. The number of ether oxygens (including phenoxy) is 1. The van der Waals surface area contributed by atoms with Crippen molar-refractivity contribution in [1.29, 1.82) is 0 Å².